The van der Waals surface area contributed by atoms with Crippen molar-refractivity contribution >= 4 is 11.6 Å². The zero-order chi connectivity index (χ0) is 16.1. The molecule has 5 nitrogen and oxygen atoms in total. The molecular weight excluding hydrogens is 278 g/mol. The number of amides is 1. The Hall–Kier alpha value is -1.59. The van der Waals surface area contributed by atoms with Crippen molar-refractivity contribution in [2.45, 2.75) is 12.5 Å². The van der Waals surface area contributed by atoms with Crippen LogP contribution in [0.25, 0.3) is 0 Å². The van der Waals surface area contributed by atoms with Crippen LogP contribution in [0.4, 0.5) is 5.69 Å². The molecule has 1 fully saturated rings. The first-order chi connectivity index (χ1) is 10.5. The van der Waals surface area contributed by atoms with Gasteiger partial charge in [0, 0.05) is 39.4 Å². The van der Waals surface area contributed by atoms with Gasteiger partial charge in [0.25, 0.3) is 5.91 Å². The molecule has 1 atom stereocenters. The van der Waals surface area contributed by atoms with E-state index in [9.17, 15) is 4.79 Å². The maximum Gasteiger partial charge on any atom is 0.256 e. The van der Waals surface area contributed by atoms with Crippen LogP contribution in [-0.4, -0.2) is 76.2 Å². The highest BCUT2D eigenvalue weighted by Crippen LogP contribution is 2.21. The van der Waals surface area contributed by atoms with Gasteiger partial charge in [0.15, 0.2) is 0 Å². The Morgan fingerprint density at radius 1 is 1.27 bits per heavy atom. The van der Waals surface area contributed by atoms with Gasteiger partial charge >= 0.3 is 0 Å². The van der Waals surface area contributed by atoms with Gasteiger partial charge in [-0.3, -0.25) is 4.79 Å². The fourth-order valence-corrected chi connectivity index (χ4v) is 2.70. The number of anilines is 1. The average molecular weight is 305 g/mol. The summed E-state index contributed by atoms with van der Waals surface area (Å²) in [5.74, 6) is 0.0995. The Balaban J connectivity index is 2.06. The minimum absolute atomic E-state index is 0.0995. The molecule has 1 aromatic rings. The van der Waals surface area contributed by atoms with Crippen molar-refractivity contribution in [2.24, 2.45) is 0 Å². The number of nitrogens with zero attached hydrogens (tertiary/aromatic N) is 3. The maximum atomic E-state index is 12.8. The van der Waals surface area contributed by atoms with E-state index in [-0.39, 0.29) is 12.0 Å². The first-order valence-electron chi connectivity index (χ1n) is 7.81. The van der Waals surface area contributed by atoms with Crippen LogP contribution in [0, 0.1) is 0 Å². The van der Waals surface area contributed by atoms with Gasteiger partial charge in [0.05, 0.1) is 18.3 Å². The van der Waals surface area contributed by atoms with E-state index >= 15 is 0 Å². The van der Waals surface area contributed by atoms with Gasteiger partial charge in [-0.1, -0.05) is 12.1 Å². The number of carbonyl (C=O) groups is 1. The first kappa shape index (κ1) is 16.8. The van der Waals surface area contributed by atoms with E-state index in [4.69, 9.17) is 4.74 Å². The number of ether oxygens (including phenoxy) is 1. The molecule has 122 valence electrons. The molecule has 2 rings (SSSR count). The van der Waals surface area contributed by atoms with Crippen LogP contribution in [0.3, 0.4) is 0 Å². The standard InChI is InChI=1S/C17H27N3O2/c1-18(2)10-9-14-13-20(11-12-22-14)17(21)15-7-5-6-8-16(15)19(3)4/h5-8,14H,9-13H2,1-4H3. The fraction of sp³-hybridized carbons (Fsp3) is 0.588. The topological polar surface area (TPSA) is 36.0 Å². The highest BCUT2D eigenvalue weighted by molar-refractivity contribution is 5.99. The van der Waals surface area contributed by atoms with Gasteiger partial charge in [-0.2, -0.15) is 0 Å². The molecular formula is C17H27N3O2. The van der Waals surface area contributed by atoms with Crippen LogP contribution in [0.2, 0.25) is 0 Å². The number of benzene rings is 1. The summed E-state index contributed by atoms with van der Waals surface area (Å²) in [6.07, 6.45) is 1.08. The van der Waals surface area contributed by atoms with Gasteiger partial charge < -0.3 is 19.4 Å². The number of carbonyl (C=O) groups excluding carboxylic acids is 1. The highest BCUT2D eigenvalue weighted by Gasteiger charge is 2.26. The Morgan fingerprint density at radius 3 is 2.68 bits per heavy atom. The summed E-state index contributed by atoms with van der Waals surface area (Å²) in [5, 5.41) is 0. The zero-order valence-electron chi connectivity index (χ0n) is 14.1. The normalized spacial score (nSPS) is 18.6. The maximum absolute atomic E-state index is 12.8. The van der Waals surface area contributed by atoms with E-state index in [0.29, 0.717) is 19.7 Å². The molecule has 1 aliphatic heterocycles. The summed E-state index contributed by atoms with van der Waals surface area (Å²) in [5.41, 5.74) is 1.73. The van der Waals surface area contributed by atoms with E-state index in [1.165, 1.54) is 0 Å². The first-order valence-corrected chi connectivity index (χ1v) is 7.81. The quantitative estimate of drug-likeness (QED) is 0.827. The van der Waals surface area contributed by atoms with E-state index in [1.54, 1.807) is 0 Å². The van der Waals surface area contributed by atoms with Crippen LogP contribution in [0.1, 0.15) is 16.8 Å². The van der Waals surface area contributed by atoms with E-state index < -0.39 is 0 Å². The lowest BCUT2D eigenvalue weighted by atomic mass is 10.1. The molecule has 0 aliphatic carbocycles. The number of hydrogen-bond donors (Lipinski definition) is 0. The number of para-hydroxylation sites is 1. The molecule has 1 unspecified atom stereocenters. The Labute approximate surface area is 133 Å². The second kappa shape index (κ2) is 7.61. The second-order valence-electron chi connectivity index (χ2n) is 6.25. The van der Waals surface area contributed by atoms with Gasteiger partial charge in [-0.25, -0.2) is 0 Å². The minimum Gasteiger partial charge on any atom is -0.377 e. The van der Waals surface area contributed by atoms with Gasteiger partial charge in [-0.15, -0.1) is 0 Å². The molecule has 1 heterocycles. The molecule has 1 saturated heterocycles. The van der Waals surface area contributed by atoms with Crippen molar-refractivity contribution in [1.29, 1.82) is 0 Å². The second-order valence-corrected chi connectivity index (χ2v) is 6.25. The molecule has 5 heteroatoms. The van der Waals surface area contributed by atoms with Crippen LogP contribution in [0.5, 0.6) is 0 Å². The van der Waals surface area contributed by atoms with E-state index in [1.807, 2.05) is 48.2 Å². The molecule has 0 bridgehead atoms. The molecule has 0 N–H and O–H groups in total. The van der Waals surface area contributed by atoms with Crippen molar-refractivity contribution in [3.63, 3.8) is 0 Å². The third kappa shape index (κ3) is 4.21. The summed E-state index contributed by atoms with van der Waals surface area (Å²) in [6.45, 7) is 2.93. The number of morpholine rings is 1. The lowest BCUT2D eigenvalue weighted by Crippen LogP contribution is -2.46. The van der Waals surface area contributed by atoms with Crippen LogP contribution in [0.15, 0.2) is 24.3 Å². The zero-order valence-corrected chi connectivity index (χ0v) is 14.1. The molecule has 1 amide bonds. The smallest absolute Gasteiger partial charge is 0.256 e. The monoisotopic (exact) mass is 305 g/mol. The van der Waals surface area contributed by atoms with Crippen molar-refractivity contribution in [1.82, 2.24) is 9.80 Å². The molecule has 0 aromatic heterocycles. The molecule has 1 aromatic carbocycles. The van der Waals surface area contributed by atoms with Gasteiger partial charge in [-0.05, 0) is 32.6 Å². The Bertz CT molecular complexity index is 502. The predicted octanol–water partition coefficient (Wildman–Crippen LogP) is 1.55. The molecule has 0 spiro atoms. The lowest BCUT2D eigenvalue weighted by molar-refractivity contribution is -0.0269. The van der Waals surface area contributed by atoms with Gasteiger partial charge in [0.2, 0.25) is 0 Å². The Morgan fingerprint density at radius 2 is 2.00 bits per heavy atom. The van der Waals surface area contributed by atoms with E-state index in [0.717, 1.165) is 24.2 Å². The molecule has 22 heavy (non-hydrogen) atoms. The highest BCUT2D eigenvalue weighted by atomic mass is 16.5. The number of hydrogen-bond acceptors (Lipinski definition) is 4. The average Bonchev–Trinajstić information content (AvgIpc) is 2.52. The van der Waals surface area contributed by atoms with E-state index in [2.05, 4.69) is 19.0 Å². The summed E-state index contributed by atoms with van der Waals surface area (Å²) >= 11 is 0. The Kier molecular flexibility index (Phi) is 5.80. The van der Waals surface area contributed by atoms with Crippen molar-refractivity contribution in [3.8, 4) is 0 Å². The molecule has 1 aliphatic rings. The van der Waals surface area contributed by atoms with Gasteiger partial charge in [0.1, 0.15) is 0 Å². The fourth-order valence-electron chi connectivity index (χ4n) is 2.70. The summed E-state index contributed by atoms with van der Waals surface area (Å²) in [4.78, 5) is 18.9. The summed E-state index contributed by atoms with van der Waals surface area (Å²) in [7, 11) is 8.04. The number of rotatable bonds is 5. The van der Waals surface area contributed by atoms with Crippen LogP contribution >= 0.6 is 0 Å². The minimum atomic E-state index is 0.0995. The largest absolute Gasteiger partial charge is 0.377 e. The molecule has 0 saturated carbocycles. The molecule has 0 radical (unpaired) electrons. The van der Waals surface area contributed by atoms with Crippen LogP contribution < -0.4 is 4.90 Å². The van der Waals surface area contributed by atoms with Crippen molar-refractivity contribution in [3.05, 3.63) is 29.8 Å². The van der Waals surface area contributed by atoms with Crippen molar-refractivity contribution in [2.75, 3.05) is 59.3 Å². The third-order valence-corrected chi connectivity index (χ3v) is 3.94. The third-order valence-electron chi connectivity index (χ3n) is 3.94. The SMILES string of the molecule is CN(C)CCC1CN(C(=O)c2ccccc2N(C)C)CCO1. The van der Waals surface area contributed by atoms with Crippen LogP contribution in [-0.2, 0) is 4.74 Å². The summed E-state index contributed by atoms with van der Waals surface area (Å²) < 4.78 is 5.79. The summed E-state index contributed by atoms with van der Waals surface area (Å²) in [6, 6.07) is 7.77. The van der Waals surface area contributed by atoms with Crippen molar-refractivity contribution < 1.29 is 9.53 Å². The predicted molar refractivity (Wildman–Crippen MR) is 89.6 cm³/mol. The lowest BCUT2D eigenvalue weighted by Gasteiger charge is -2.34.